The minimum absolute atomic E-state index is 1.14. The minimum Gasteiger partial charge on any atom is -0.314 e. The molecule has 81 valence electrons. The van der Waals surface area contributed by atoms with Gasteiger partial charge in [-0.1, -0.05) is 6.42 Å². The lowest BCUT2D eigenvalue weighted by Gasteiger charge is -2.40. The van der Waals surface area contributed by atoms with Gasteiger partial charge in [0.2, 0.25) is 0 Å². The smallest absolute Gasteiger partial charge is 0.103 e. The predicted molar refractivity (Wildman–Crippen MR) is 58.8 cm³/mol. The van der Waals surface area contributed by atoms with Crippen molar-refractivity contribution in [1.82, 2.24) is 15.1 Å². The van der Waals surface area contributed by atoms with E-state index in [2.05, 4.69) is 22.0 Å². The normalized spacial score (nSPS) is 27.0. The summed E-state index contributed by atoms with van der Waals surface area (Å²) in [5.41, 5.74) is 0. The van der Waals surface area contributed by atoms with E-state index in [0.29, 0.717) is 0 Å². The summed E-state index contributed by atoms with van der Waals surface area (Å²) in [6, 6.07) is 0. The molecule has 3 heteroatoms. The standard InChI is InChI=1S/C11H22N3/c1-11(13-7-3-2-4-8-13)14-9-5-12-6-10-14/h12H,2-10H2,1H3. The summed E-state index contributed by atoms with van der Waals surface area (Å²) in [5, 5.41) is 3.40. The Morgan fingerprint density at radius 2 is 1.43 bits per heavy atom. The molecule has 1 N–H and O–H groups in total. The van der Waals surface area contributed by atoms with Crippen molar-refractivity contribution >= 4 is 0 Å². The van der Waals surface area contributed by atoms with Crippen molar-refractivity contribution in [3.05, 3.63) is 6.17 Å². The van der Waals surface area contributed by atoms with Crippen LogP contribution in [0.2, 0.25) is 0 Å². The molecule has 0 aromatic heterocycles. The highest BCUT2D eigenvalue weighted by Gasteiger charge is 2.24. The van der Waals surface area contributed by atoms with E-state index in [1.54, 1.807) is 0 Å². The van der Waals surface area contributed by atoms with E-state index in [0.717, 1.165) is 13.1 Å². The molecule has 2 rings (SSSR count). The number of hydrogen-bond donors (Lipinski definition) is 1. The molecule has 0 aromatic rings. The van der Waals surface area contributed by atoms with Gasteiger partial charge in [0.25, 0.3) is 0 Å². The molecular formula is C11H22N3. The van der Waals surface area contributed by atoms with Gasteiger partial charge in [0, 0.05) is 26.2 Å². The van der Waals surface area contributed by atoms with Gasteiger partial charge in [0.1, 0.15) is 6.17 Å². The van der Waals surface area contributed by atoms with Crippen LogP contribution in [0.3, 0.4) is 0 Å². The van der Waals surface area contributed by atoms with Crippen molar-refractivity contribution in [3.8, 4) is 0 Å². The highest BCUT2D eigenvalue weighted by molar-refractivity contribution is 4.89. The summed E-state index contributed by atoms with van der Waals surface area (Å²) in [5.74, 6) is 0. The monoisotopic (exact) mass is 196 g/mol. The molecule has 0 aromatic carbocycles. The van der Waals surface area contributed by atoms with Gasteiger partial charge in [-0.25, -0.2) is 0 Å². The van der Waals surface area contributed by atoms with Crippen LogP contribution >= 0.6 is 0 Å². The lowest BCUT2D eigenvalue weighted by Crippen LogP contribution is -2.50. The minimum atomic E-state index is 1.14. The van der Waals surface area contributed by atoms with E-state index >= 15 is 0 Å². The zero-order chi connectivity index (χ0) is 9.80. The Balaban J connectivity index is 1.82. The molecule has 2 aliphatic rings. The number of piperidine rings is 1. The maximum Gasteiger partial charge on any atom is 0.103 e. The maximum atomic E-state index is 3.40. The fourth-order valence-electron chi connectivity index (χ4n) is 2.41. The molecule has 1 radical (unpaired) electrons. The third-order valence-corrected chi connectivity index (χ3v) is 3.39. The summed E-state index contributed by atoms with van der Waals surface area (Å²) in [7, 11) is 0. The molecule has 0 unspecified atom stereocenters. The summed E-state index contributed by atoms with van der Waals surface area (Å²) >= 11 is 0. The van der Waals surface area contributed by atoms with Crippen LogP contribution in [0.4, 0.5) is 0 Å². The molecule has 0 saturated carbocycles. The summed E-state index contributed by atoms with van der Waals surface area (Å²) < 4.78 is 0. The second-order valence-electron chi connectivity index (χ2n) is 4.33. The summed E-state index contributed by atoms with van der Waals surface area (Å²) in [6.45, 7) is 9.49. The quantitative estimate of drug-likeness (QED) is 0.707. The van der Waals surface area contributed by atoms with Crippen molar-refractivity contribution in [1.29, 1.82) is 0 Å². The van der Waals surface area contributed by atoms with Gasteiger partial charge in [0.15, 0.2) is 0 Å². The third kappa shape index (κ3) is 2.47. The van der Waals surface area contributed by atoms with Crippen molar-refractivity contribution in [2.24, 2.45) is 0 Å². The zero-order valence-electron chi connectivity index (χ0n) is 9.26. The number of nitrogens with one attached hydrogen (secondary N) is 1. The topological polar surface area (TPSA) is 18.5 Å². The highest BCUT2D eigenvalue weighted by atomic mass is 15.4. The Morgan fingerprint density at radius 3 is 2.07 bits per heavy atom. The Hall–Kier alpha value is -0.120. The van der Waals surface area contributed by atoms with Crippen molar-refractivity contribution in [2.75, 3.05) is 39.3 Å². The van der Waals surface area contributed by atoms with Gasteiger partial charge in [-0.3, -0.25) is 9.80 Å². The van der Waals surface area contributed by atoms with Gasteiger partial charge in [-0.15, -0.1) is 0 Å². The molecule has 2 heterocycles. The third-order valence-electron chi connectivity index (χ3n) is 3.39. The largest absolute Gasteiger partial charge is 0.314 e. The number of piperazine rings is 1. The molecule has 2 fully saturated rings. The lowest BCUT2D eigenvalue weighted by molar-refractivity contribution is 0.113. The van der Waals surface area contributed by atoms with Gasteiger partial charge >= 0.3 is 0 Å². The molecule has 0 aliphatic carbocycles. The second kappa shape index (κ2) is 5.10. The summed E-state index contributed by atoms with van der Waals surface area (Å²) in [6.07, 6.45) is 5.68. The van der Waals surface area contributed by atoms with Crippen LogP contribution in [0.5, 0.6) is 0 Å². The van der Waals surface area contributed by atoms with Gasteiger partial charge in [0.05, 0.1) is 0 Å². The fourth-order valence-corrected chi connectivity index (χ4v) is 2.41. The molecule has 2 aliphatic heterocycles. The number of rotatable bonds is 2. The molecule has 14 heavy (non-hydrogen) atoms. The van der Waals surface area contributed by atoms with Gasteiger partial charge in [-0.05, 0) is 32.9 Å². The van der Waals surface area contributed by atoms with E-state index in [-0.39, 0.29) is 0 Å². The van der Waals surface area contributed by atoms with Crippen LogP contribution in [0.15, 0.2) is 0 Å². The Morgan fingerprint density at radius 1 is 0.857 bits per heavy atom. The van der Waals surface area contributed by atoms with Crippen molar-refractivity contribution in [2.45, 2.75) is 26.2 Å². The van der Waals surface area contributed by atoms with Crippen LogP contribution < -0.4 is 5.32 Å². The van der Waals surface area contributed by atoms with E-state index in [4.69, 9.17) is 0 Å². The molecule has 0 spiro atoms. The molecule has 0 bridgehead atoms. The Bertz CT molecular complexity index is 142. The molecule has 2 saturated heterocycles. The van der Waals surface area contributed by atoms with E-state index in [9.17, 15) is 0 Å². The lowest BCUT2D eigenvalue weighted by atomic mass is 10.1. The van der Waals surface area contributed by atoms with E-state index in [1.807, 2.05) is 0 Å². The number of nitrogens with zero attached hydrogens (tertiary/aromatic N) is 2. The molecular weight excluding hydrogens is 174 g/mol. The predicted octanol–water partition coefficient (Wildman–Crippen LogP) is 0.887. The van der Waals surface area contributed by atoms with E-state index < -0.39 is 0 Å². The average Bonchev–Trinajstić information content (AvgIpc) is 2.30. The Labute approximate surface area is 87.4 Å². The fraction of sp³-hybridized carbons (Fsp3) is 0.909. The van der Waals surface area contributed by atoms with Crippen LogP contribution in [0, 0.1) is 6.17 Å². The summed E-state index contributed by atoms with van der Waals surface area (Å²) in [4.78, 5) is 5.09. The average molecular weight is 196 g/mol. The first-order chi connectivity index (χ1) is 6.88. The van der Waals surface area contributed by atoms with Crippen LogP contribution in [0.25, 0.3) is 0 Å². The zero-order valence-corrected chi connectivity index (χ0v) is 9.26. The van der Waals surface area contributed by atoms with Crippen LogP contribution in [-0.2, 0) is 0 Å². The SMILES string of the molecule is C[C](N1CCCCC1)N1CCNCC1. The highest BCUT2D eigenvalue weighted by Crippen LogP contribution is 2.19. The molecule has 3 nitrogen and oxygen atoms in total. The molecule has 0 atom stereocenters. The molecule has 0 amide bonds. The van der Waals surface area contributed by atoms with Crippen molar-refractivity contribution < 1.29 is 0 Å². The van der Waals surface area contributed by atoms with Gasteiger partial charge < -0.3 is 5.32 Å². The Kier molecular flexibility index (Phi) is 3.79. The second-order valence-corrected chi connectivity index (χ2v) is 4.33. The number of likely N-dealkylation sites (tertiary alicyclic amines) is 1. The van der Waals surface area contributed by atoms with Crippen LogP contribution in [0.1, 0.15) is 26.2 Å². The first-order valence-electron chi connectivity index (χ1n) is 5.92. The van der Waals surface area contributed by atoms with E-state index in [1.165, 1.54) is 51.6 Å². The maximum absolute atomic E-state index is 3.40. The van der Waals surface area contributed by atoms with Gasteiger partial charge in [-0.2, -0.15) is 0 Å². The van der Waals surface area contributed by atoms with Crippen molar-refractivity contribution in [3.63, 3.8) is 0 Å². The van der Waals surface area contributed by atoms with Crippen LogP contribution in [-0.4, -0.2) is 49.1 Å². The first-order valence-corrected chi connectivity index (χ1v) is 5.92. The number of hydrogen-bond acceptors (Lipinski definition) is 3. The first kappa shape index (κ1) is 10.4.